The largest absolute Gasteiger partial charge is 0.322 e. The molecule has 3 rings (SSSR count). The van der Waals surface area contributed by atoms with Gasteiger partial charge in [-0.1, -0.05) is 0 Å². The van der Waals surface area contributed by atoms with Crippen molar-refractivity contribution in [3.05, 3.63) is 54.0 Å². The minimum atomic E-state index is -0.659. The maximum Gasteiger partial charge on any atom is 0.164 e. The summed E-state index contributed by atoms with van der Waals surface area (Å²) in [5.41, 5.74) is 7.36. The van der Waals surface area contributed by atoms with Crippen molar-refractivity contribution in [1.82, 2.24) is 14.5 Å². The van der Waals surface area contributed by atoms with Crippen LogP contribution in [0.4, 0.5) is 8.78 Å². The minimum absolute atomic E-state index is 0.316. The van der Waals surface area contributed by atoms with Crippen LogP contribution in [-0.4, -0.2) is 14.5 Å². The van der Waals surface area contributed by atoms with Gasteiger partial charge in [-0.2, -0.15) is 0 Å². The van der Waals surface area contributed by atoms with E-state index in [1.54, 1.807) is 29.8 Å². The third-order valence-corrected chi connectivity index (χ3v) is 2.95. The SMILES string of the molecule is C[C@H](N)c1nc2cccnc2n1-c1cc(F)cc(F)c1. The number of fused-ring (bicyclic) bond motifs is 1. The molecule has 0 aliphatic rings. The van der Waals surface area contributed by atoms with Gasteiger partial charge >= 0.3 is 0 Å². The number of pyridine rings is 1. The highest BCUT2D eigenvalue weighted by atomic mass is 19.1. The monoisotopic (exact) mass is 274 g/mol. The van der Waals surface area contributed by atoms with E-state index in [-0.39, 0.29) is 0 Å². The van der Waals surface area contributed by atoms with Crippen LogP contribution in [0.1, 0.15) is 18.8 Å². The zero-order valence-corrected chi connectivity index (χ0v) is 10.7. The molecule has 2 aromatic heterocycles. The molecular formula is C14H12F2N4. The van der Waals surface area contributed by atoms with Crippen molar-refractivity contribution >= 4 is 11.2 Å². The average Bonchev–Trinajstić information content (AvgIpc) is 2.77. The Morgan fingerprint density at radius 1 is 1.20 bits per heavy atom. The molecular weight excluding hydrogens is 262 g/mol. The van der Waals surface area contributed by atoms with E-state index in [1.165, 1.54) is 12.1 Å². The van der Waals surface area contributed by atoms with Gasteiger partial charge in [-0.25, -0.2) is 18.7 Å². The molecule has 6 heteroatoms. The van der Waals surface area contributed by atoms with Crippen LogP contribution >= 0.6 is 0 Å². The zero-order chi connectivity index (χ0) is 14.3. The van der Waals surface area contributed by atoms with Crippen molar-refractivity contribution < 1.29 is 8.78 Å². The minimum Gasteiger partial charge on any atom is -0.322 e. The number of imidazole rings is 1. The van der Waals surface area contributed by atoms with Crippen molar-refractivity contribution in [3.63, 3.8) is 0 Å². The van der Waals surface area contributed by atoms with Gasteiger partial charge in [0.05, 0.1) is 11.7 Å². The lowest BCUT2D eigenvalue weighted by Crippen LogP contribution is -2.13. The van der Waals surface area contributed by atoms with Crippen molar-refractivity contribution in [2.24, 2.45) is 5.73 Å². The van der Waals surface area contributed by atoms with Gasteiger partial charge in [-0.15, -0.1) is 0 Å². The summed E-state index contributed by atoms with van der Waals surface area (Å²) in [5, 5.41) is 0. The smallest absolute Gasteiger partial charge is 0.164 e. The lowest BCUT2D eigenvalue weighted by molar-refractivity contribution is 0.580. The third kappa shape index (κ3) is 2.04. The maximum atomic E-state index is 13.4. The summed E-state index contributed by atoms with van der Waals surface area (Å²) in [4.78, 5) is 8.60. The lowest BCUT2D eigenvalue weighted by atomic mass is 10.2. The van der Waals surface area contributed by atoms with Crippen molar-refractivity contribution in [3.8, 4) is 5.69 Å². The van der Waals surface area contributed by atoms with Gasteiger partial charge in [0.15, 0.2) is 5.65 Å². The summed E-state index contributed by atoms with van der Waals surface area (Å²) in [7, 11) is 0. The lowest BCUT2D eigenvalue weighted by Gasteiger charge is -2.11. The first kappa shape index (κ1) is 12.7. The number of benzene rings is 1. The van der Waals surface area contributed by atoms with E-state index in [0.29, 0.717) is 22.7 Å². The Labute approximate surface area is 113 Å². The fourth-order valence-corrected chi connectivity index (χ4v) is 2.16. The van der Waals surface area contributed by atoms with Gasteiger partial charge in [-0.3, -0.25) is 4.57 Å². The molecule has 0 spiro atoms. The Kier molecular flexibility index (Phi) is 2.94. The van der Waals surface area contributed by atoms with Gasteiger partial charge in [-0.05, 0) is 31.2 Å². The number of rotatable bonds is 2. The van der Waals surface area contributed by atoms with Crippen LogP contribution in [0.3, 0.4) is 0 Å². The van der Waals surface area contributed by atoms with E-state index < -0.39 is 17.7 Å². The van der Waals surface area contributed by atoms with Gasteiger partial charge in [0.2, 0.25) is 0 Å². The normalized spacial score (nSPS) is 12.8. The number of aromatic nitrogens is 3. The van der Waals surface area contributed by atoms with Crippen molar-refractivity contribution in [2.75, 3.05) is 0 Å². The quantitative estimate of drug-likeness (QED) is 0.781. The van der Waals surface area contributed by atoms with Crippen LogP contribution in [0.5, 0.6) is 0 Å². The molecule has 20 heavy (non-hydrogen) atoms. The second kappa shape index (κ2) is 4.64. The number of nitrogens with two attached hydrogens (primary N) is 1. The van der Waals surface area contributed by atoms with Crippen molar-refractivity contribution in [2.45, 2.75) is 13.0 Å². The van der Waals surface area contributed by atoms with Crippen molar-refractivity contribution in [1.29, 1.82) is 0 Å². The number of hydrogen-bond donors (Lipinski definition) is 1. The number of halogens is 2. The molecule has 0 radical (unpaired) electrons. The standard InChI is InChI=1S/C14H12F2N4/c1-8(17)13-19-12-3-2-4-18-14(12)20(13)11-6-9(15)5-10(16)7-11/h2-8H,17H2,1H3/t8-/m0/s1. The molecule has 0 saturated heterocycles. The predicted molar refractivity (Wildman–Crippen MR) is 71.4 cm³/mol. The summed E-state index contributed by atoms with van der Waals surface area (Å²) in [6.07, 6.45) is 1.60. The summed E-state index contributed by atoms with van der Waals surface area (Å²) >= 11 is 0. The van der Waals surface area contributed by atoms with E-state index in [2.05, 4.69) is 9.97 Å². The maximum absolute atomic E-state index is 13.4. The molecule has 1 aromatic carbocycles. The van der Waals surface area contributed by atoms with Crippen LogP contribution in [0.15, 0.2) is 36.5 Å². The third-order valence-electron chi connectivity index (χ3n) is 2.95. The molecule has 0 bridgehead atoms. The Morgan fingerprint density at radius 2 is 1.90 bits per heavy atom. The van der Waals surface area contributed by atoms with Crippen LogP contribution in [0.25, 0.3) is 16.9 Å². The molecule has 0 aliphatic heterocycles. The fourth-order valence-electron chi connectivity index (χ4n) is 2.16. The fraction of sp³-hybridized carbons (Fsp3) is 0.143. The van der Waals surface area contributed by atoms with E-state index in [1.807, 2.05) is 0 Å². The number of hydrogen-bond acceptors (Lipinski definition) is 3. The zero-order valence-electron chi connectivity index (χ0n) is 10.7. The summed E-state index contributed by atoms with van der Waals surface area (Å²) in [6.45, 7) is 1.76. The molecule has 0 saturated carbocycles. The Bertz CT molecular complexity index is 760. The van der Waals surface area contributed by atoms with E-state index in [0.717, 1.165) is 6.07 Å². The van der Waals surface area contributed by atoms with Gasteiger partial charge < -0.3 is 5.73 Å². The molecule has 102 valence electrons. The molecule has 0 amide bonds. The Morgan fingerprint density at radius 3 is 2.55 bits per heavy atom. The van der Waals surface area contributed by atoms with Gasteiger partial charge in [0.1, 0.15) is 23.0 Å². The topological polar surface area (TPSA) is 56.7 Å². The first-order chi connectivity index (χ1) is 9.56. The van der Waals surface area contributed by atoms with Crippen LogP contribution in [-0.2, 0) is 0 Å². The van der Waals surface area contributed by atoms with E-state index in [4.69, 9.17) is 5.73 Å². The number of nitrogens with zero attached hydrogens (tertiary/aromatic N) is 3. The van der Waals surface area contributed by atoms with E-state index in [9.17, 15) is 8.78 Å². The first-order valence-corrected chi connectivity index (χ1v) is 6.11. The summed E-state index contributed by atoms with van der Waals surface area (Å²) in [6, 6.07) is 6.41. The average molecular weight is 274 g/mol. The molecule has 0 fully saturated rings. The van der Waals surface area contributed by atoms with E-state index >= 15 is 0 Å². The molecule has 0 unspecified atom stereocenters. The van der Waals surface area contributed by atoms with Crippen LogP contribution in [0.2, 0.25) is 0 Å². The summed E-state index contributed by atoms with van der Waals surface area (Å²) in [5.74, 6) is -0.814. The molecule has 0 aliphatic carbocycles. The molecule has 4 nitrogen and oxygen atoms in total. The molecule has 1 atom stereocenters. The van der Waals surface area contributed by atoms with Gasteiger partial charge in [0, 0.05) is 12.3 Å². The molecule has 2 heterocycles. The first-order valence-electron chi connectivity index (χ1n) is 6.11. The highest BCUT2D eigenvalue weighted by molar-refractivity contribution is 5.74. The highest BCUT2D eigenvalue weighted by Gasteiger charge is 2.17. The molecule has 3 aromatic rings. The highest BCUT2D eigenvalue weighted by Crippen LogP contribution is 2.24. The summed E-state index contributed by atoms with van der Waals surface area (Å²) < 4.78 is 28.4. The molecule has 2 N–H and O–H groups in total. The Hall–Kier alpha value is -2.34. The van der Waals surface area contributed by atoms with Crippen LogP contribution < -0.4 is 5.73 Å². The van der Waals surface area contributed by atoms with Gasteiger partial charge in [0.25, 0.3) is 0 Å². The second-order valence-corrected chi connectivity index (χ2v) is 4.57. The van der Waals surface area contributed by atoms with Crippen LogP contribution in [0, 0.1) is 11.6 Å². The Balaban J connectivity index is 2.36. The second-order valence-electron chi connectivity index (χ2n) is 4.57. The predicted octanol–water partition coefficient (Wildman–Crippen LogP) is 2.72.